The Morgan fingerprint density at radius 3 is 2.92 bits per heavy atom. The predicted octanol–water partition coefficient (Wildman–Crippen LogP) is 3.38. The third kappa shape index (κ3) is 4.65. The molecule has 3 aliphatic heterocycles. The Kier molecular flexibility index (Phi) is 7.07. The van der Waals surface area contributed by atoms with Gasteiger partial charge in [0.1, 0.15) is 0 Å². The van der Waals surface area contributed by atoms with Gasteiger partial charge in [-0.15, -0.1) is 24.0 Å². The molecule has 3 saturated heterocycles. The summed E-state index contributed by atoms with van der Waals surface area (Å²) < 4.78 is 7.07. The van der Waals surface area contributed by atoms with Crippen LogP contribution in [0.15, 0.2) is 33.7 Å². The maximum absolute atomic E-state index is 5.93. The molecule has 144 valence electrons. The molecule has 0 spiro atoms. The molecular weight excluding hydrogens is 507 g/mol. The number of aliphatic imine (C=N–C) groups is 1. The first-order valence-electron chi connectivity index (χ1n) is 9.34. The smallest absolute Gasteiger partial charge is 0.191 e. The summed E-state index contributed by atoms with van der Waals surface area (Å²) in [7, 11) is 1.85. The number of nitrogens with one attached hydrogen (secondary N) is 2. The maximum Gasteiger partial charge on any atom is 0.191 e. The topological polar surface area (TPSA) is 48.9 Å². The van der Waals surface area contributed by atoms with Gasteiger partial charge in [-0.05, 0) is 49.8 Å². The Hall–Kier alpha value is -0.540. The molecule has 0 amide bonds. The van der Waals surface area contributed by atoms with Crippen LogP contribution in [0.2, 0.25) is 0 Å². The second-order valence-electron chi connectivity index (χ2n) is 7.39. The molecular formula is C19H28BrIN4O. The Morgan fingerprint density at radius 2 is 2.23 bits per heavy atom. The highest BCUT2D eigenvalue weighted by atomic mass is 127. The highest BCUT2D eigenvalue weighted by Gasteiger charge is 2.41. The number of hydrogen-bond acceptors (Lipinski definition) is 3. The predicted molar refractivity (Wildman–Crippen MR) is 121 cm³/mol. The van der Waals surface area contributed by atoms with Crippen molar-refractivity contribution in [1.29, 1.82) is 0 Å². The largest absolute Gasteiger partial charge is 0.373 e. The second-order valence-corrected chi connectivity index (χ2v) is 8.31. The molecule has 26 heavy (non-hydrogen) atoms. The maximum atomic E-state index is 5.93. The van der Waals surface area contributed by atoms with Crippen LogP contribution in [0.3, 0.4) is 0 Å². The quantitative estimate of drug-likeness (QED) is 0.353. The Balaban J connectivity index is 0.00000196. The second kappa shape index (κ2) is 9.10. The molecule has 0 radical (unpaired) electrons. The number of benzene rings is 1. The standard InChI is InChI=1S/C19H27BrN4O.HI/c1-21-19(23-17-10-16-5-6-18(17)25-16)22-11-13-7-8-24(12-13)15-4-2-3-14(20)9-15;/h2-4,9,13,16-18H,5-8,10-12H2,1H3,(H2,21,22,23);1H. The lowest BCUT2D eigenvalue weighted by Gasteiger charge is -2.24. The number of guanidine groups is 1. The van der Waals surface area contributed by atoms with Gasteiger partial charge in [0, 0.05) is 36.8 Å². The van der Waals surface area contributed by atoms with Crippen LogP contribution in [0, 0.1) is 5.92 Å². The van der Waals surface area contributed by atoms with Crippen molar-refractivity contribution in [2.45, 2.75) is 43.9 Å². The Morgan fingerprint density at radius 1 is 1.35 bits per heavy atom. The van der Waals surface area contributed by atoms with Crippen LogP contribution in [0.1, 0.15) is 25.7 Å². The van der Waals surface area contributed by atoms with Crippen LogP contribution in [-0.4, -0.2) is 50.9 Å². The van der Waals surface area contributed by atoms with Crippen LogP contribution >= 0.6 is 39.9 Å². The molecule has 2 N–H and O–H groups in total. The fourth-order valence-corrected chi connectivity index (χ4v) is 4.69. The van der Waals surface area contributed by atoms with E-state index in [0.29, 0.717) is 24.2 Å². The minimum Gasteiger partial charge on any atom is -0.373 e. The van der Waals surface area contributed by atoms with Crippen molar-refractivity contribution < 1.29 is 4.74 Å². The van der Waals surface area contributed by atoms with Crippen LogP contribution in [0.4, 0.5) is 5.69 Å². The van der Waals surface area contributed by atoms with Crippen LogP contribution < -0.4 is 15.5 Å². The molecule has 7 heteroatoms. The number of fused-ring (bicyclic) bond motifs is 2. The molecule has 4 rings (SSSR count). The molecule has 1 aromatic rings. The fraction of sp³-hybridized carbons (Fsp3) is 0.632. The van der Waals surface area contributed by atoms with Gasteiger partial charge in [-0.1, -0.05) is 22.0 Å². The Labute approximate surface area is 181 Å². The van der Waals surface area contributed by atoms with Crippen molar-refractivity contribution in [1.82, 2.24) is 10.6 Å². The minimum atomic E-state index is 0. The summed E-state index contributed by atoms with van der Waals surface area (Å²) in [4.78, 5) is 6.87. The van der Waals surface area contributed by atoms with Crippen molar-refractivity contribution in [3.63, 3.8) is 0 Å². The summed E-state index contributed by atoms with van der Waals surface area (Å²) in [5, 5.41) is 7.09. The molecule has 5 nitrogen and oxygen atoms in total. The zero-order chi connectivity index (χ0) is 17.2. The van der Waals surface area contributed by atoms with E-state index in [4.69, 9.17) is 4.74 Å². The van der Waals surface area contributed by atoms with Gasteiger partial charge in [-0.2, -0.15) is 0 Å². The first-order valence-corrected chi connectivity index (χ1v) is 10.1. The summed E-state index contributed by atoms with van der Waals surface area (Å²) in [5.74, 6) is 1.57. The third-order valence-corrected chi connectivity index (χ3v) is 6.16. The lowest BCUT2D eigenvalue weighted by molar-refractivity contribution is 0.0992. The molecule has 0 aromatic heterocycles. The lowest BCUT2D eigenvalue weighted by atomic mass is 9.96. The van der Waals surface area contributed by atoms with Crippen molar-refractivity contribution >= 4 is 51.6 Å². The van der Waals surface area contributed by atoms with E-state index in [-0.39, 0.29) is 24.0 Å². The van der Waals surface area contributed by atoms with Gasteiger partial charge < -0.3 is 20.3 Å². The zero-order valence-electron chi connectivity index (χ0n) is 15.2. The van der Waals surface area contributed by atoms with E-state index in [0.717, 1.165) is 36.5 Å². The van der Waals surface area contributed by atoms with Gasteiger partial charge in [-0.25, -0.2) is 0 Å². The van der Waals surface area contributed by atoms with Crippen molar-refractivity contribution in [2.75, 3.05) is 31.6 Å². The summed E-state index contributed by atoms with van der Waals surface area (Å²) in [6.07, 6.45) is 5.58. The van der Waals surface area contributed by atoms with Gasteiger partial charge in [0.05, 0.1) is 18.2 Å². The van der Waals surface area contributed by atoms with E-state index in [1.165, 1.54) is 24.9 Å². The first kappa shape index (κ1) is 20.2. The van der Waals surface area contributed by atoms with Crippen molar-refractivity contribution in [3.05, 3.63) is 28.7 Å². The van der Waals surface area contributed by atoms with Crippen LogP contribution in [-0.2, 0) is 4.74 Å². The van der Waals surface area contributed by atoms with Gasteiger partial charge in [0.25, 0.3) is 0 Å². The highest BCUT2D eigenvalue weighted by Crippen LogP contribution is 2.34. The molecule has 0 aliphatic carbocycles. The third-order valence-electron chi connectivity index (χ3n) is 5.67. The molecule has 0 saturated carbocycles. The van der Waals surface area contributed by atoms with Gasteiger partial charge in [-0.3, -0.25) is 4.99 Å². The minimum absolute atomic E-state index is 0. The fourth-order valence-electron chi connectivity index (χ4n) is 4.31. The monoisotopic (exact) mass is 534 g/mol. The summed E-state index contributed by atoms with van der Waals surface area (Å²) >= 11 is 3.57. The number of anilines is 1. The van der Waals surface area contributed by atoms with E-state index in [2.05, 4.69) is 60.7 Å². The van der Waals surface area contributed by atoms with Gasteiger partial charge >= 0.3 is 0 Å². The normalized spacial score (nSPS) is 30.4. The van der Waals surface area contributed by atoms with E-state index in [9.17, 15) is 0 Å². The average molecular weight is 535 g/mol. The number of hydrogen-bond donors (Lipinski definition) is 2. The van der Waals surface area contributed by atoms with E-state index >= 15 is 0 Å². The number of halogens is 2. The molecule has 3 fully saturated rings. The summed E-state index contributed by atoms with van der Waals surface area (Å²) in [6, 6.07) is 9.00. The molecule has 4 unspecified atom stereocenters. The first-order chi connectivity index (χ1) is 12.2. The highest BCUT2D eigenvalue weighted by molar-refractivity contribution is 14.0. The van der Waals surface area contributed by atoms with Gasteiger partial charge in [0.2, 0.25) is 0 Å². The molecule has 3 heterocycles. The van der Waals surface area contributed by atoms with E-state index in [1.54, 1.807) is 0 Å². The molecule has 3 aliphatic rings. The summed E-state index contributed by atoms with van der Waals surface area (Å²) in [5.41, 5.74) is 1.30. The molecule has 2 bridgehead atoms. The number of nitrogens with zero attached hydrogens (tertiary/aromatic N) is 2. The number of rotatable bonds is 4. The zero-order valence-corrected chi connectivity index (χ0v) is 19.1. The Bertz CT molecular complexity index is 644. The average Bonchev–Trinajstić information content (AvgIpc) is 3.35. The lowest BCUT2D eigenvalue weighted by Crippen LogP contribution is -2.48. The summed E-state index contributed by atoms with van der Waals surface area (Å²) in [6.45, 7) is 3.18. The SMILES string of the molecule is CN=C(NCC1CCN(c2cccc(Br)c2)C1)NC1CC2CCC1O2.I. The van der Waals surface area contributed by atoms with E-state index < -0.39 is 0 Å². The van der Waals surface area contributed by atoms with Crippen LogP contribution in [0.25, 0.3) is 0 Å². The molecule has 1 aromatic carbocycles. The van der Waals surface area contributed by atoms with Crippen LogP contribution in [0.5, 0.6) is 0 Å². The van der Waals surface area contributed by atoms with Crippen molar-refractivity contribution in [3.8, 4) is 0 Å². The number of ether oxygens (including phenoxy) is 1. The molecule has 4 atom stereocenters. The van der Waals surface area contributed by atoms with Gasteiger partial charge in [0.15, 0.2) is 5.96 Å². The van der Waals surface area contributed by atoms with Crippen molar-refractivity contribution in [2.24, 2.45) is 10.9 Å². The van der Waals surface area contributed by atoms with E-state index in [1.807, 2.05) is 7.05 Å².